The van der Waals surface area contributed by atoms with Gasteiger partial charge in [0, 0.05) is 12.8 Å². The quantitative estimate of drug-likeness (QED) is 0.387. The topological polar surface area (TPSA) is 52.6 Å². The summed E-state index contributed by atoms with van der Waals surface area (Å²) in [5.74, 6) is -0.426. The van der Waals surface area contributed by atoms with Crippen molar-refractivity contribution in [3.8, 4) is 0 Å². The molecule has 0 aromatic carbocycles. The van der Waals surface area contributed by atoms with E-state index in [1.165, 1.54) is 11.1 Å². The zero-order valence-corrected chi connectivity index (χ0v) is 20.6. The maximum Gasteiger partial charge on any atom is 0.335 e. The van der Waals surface area contributed by atoms with Crippen LogP contribution in [0.2, 0.25) is 0 Å². The van der Waals surface area contributed by atoms with Gasteiger partial charge in [-0.05, 0) is 80.1 Å². The molecule has 0 radical (unpaired) electrons. The molecule has 0 amide bonds. The van der Waals surface area contributed by atoms with Gasteiger partial charge < -0.3 is 9.47 Å². The van der Waals surface area contributed by atoms with Crippen LogP contribution in [-0.4, -0.2) is 23.1 Å². The van der Waals surface area contributed by atoms with E-state index in [1.807, 2.05) is 0 Å². The Labute approximate surface area is 198 Å². The van der Waals surface area contributed by atoms with Crippen LogP contribution in [0, 0.1) is 11.8 Å². The smallest absolute Gasteiger partial charge is 0.335 e. The average molecular weight is 451 g/mol. The van der Waals surface area contributed by atoms with Crippen molar-refractivity contribution in [1.82, 2.24) is 0 Å². The van der Waals surface area contributed by atoms with Gasteiger partial charge >= 0.3 is 11.9 Å². The summed E-state index contributed by atoms with van der Waals surface area (Å²) in [6.45, 7) is 8.33. The Bertz CT molecular complexity index is 886. The second kappa shape index (κ2) is 9.48. The summed E-state index contributed by atoms with van der Waals surface area (Å²) < 4.78 is 12.4. The summed E-state index contributed by atoms with van der Waals surface area (Å²) in [5, 5.41) is 0. The van der Waals surface area contributed by atoms with Crippen molar-refractivity contribution in [2.75, 3.05) is 0 Å². The monoisotopic (exact) mass is 450 g/mol. The highest BCUT2D eigenvalue weighted by atomic mass is 16.6. The van der Waals surface area contributed by atoms with Gasteiger partial charge in [0.2, 0.25) is 0 Å². The first-order chi connectivity index (χ1) is 15.9. The maximum absolute atomic E-state index is 13.6. The molecule has 33 heavy (non-hydrogen) atoms. The number of carbonyl (C=O) groups is 2. The van der Waals surface area contributed by atoms with Gasteiger partial charge in [-0.2, -0.15) is 0 Å². The lowest BCUT2D eigenvalue weighted by Gasteiger charge is -2.34. The van der Waals surface area contributed by atoms with Crippen LogP contribution >= 0.6 is 0 Å². The number of fused-ring (bicyclic) bond motifs is 2. The number of rotatable bonds is 8. The molecule has 4 aliphatic rings. The molecule has 0 aromatic heterocycles. The molecule has 0 spiro atoms. The molecule has 4 rings (SSSR count). The molecule has 2 bridgehead atoms. The highest BCUT2D eigenvalue weighted by molar-refractivity contribution is 6.03. The summed E-state index contributed by atoms with van der Waals surface area (Å²) in [5.41, 5.74) is 2.29. The van der Waals surface area contributed by atoms with Crippen molar-refractivity contribution in [3.05, 3.63) is 58.7 Å². The summed E-state index contributed by atoms with van der Waals surface area (Å²) >= 11 is 0. The molecule has 1 saturated carbocycles. The fourth-order valence-corrected chi connectivity index (χ4v) is 5.91. The Morgan fingerprint density at radius 1 is 0.788 bits per heavy atom. The average Bonchev–Trinajstić information content (AvgIpc) is 3.46. The molecule has 4 nitrogen and oxygen atoms in total. The molecule has 0 aromatic rings. The minimum absolute atomic E-state index is 0.110. The second-order valence-corrected chi connectivity index (χ2v) is 10.0. The largest absolute Gasteiger partial charge is 0.451 e. The van der Waals surface area contributed by atoms with Crippen LogP contribution in [-0.2, 0) is 19.1 Å². The number of hydrogen-bond acceptors (Lipinski definition) is 4. The Hall–Kier alpha value is -2.36. The van der Waals surface area contributed by atoms with Gasteiger partial charge in [0.25, 0.3) is 0 Å². The molecule has 0 heterocycles. The van der Waals surface area contributed by atoms with E-state index in [1.54, 1.807) is 0 Å². The van der Waals surface area contributed by atoms with Gasteiger partial charge in [-0.3, -0.25) is 0 Å². The Morgan fingerprint density at radius 3 is 1.58 bits per heavy atom. The van der Waals surface area contributed by atoms with E-state index in [0.29, 0.717) is 36.8 Å². The van der Waals surface area contributed by atoms with Crippen LogP contribution in [0.5, 0.6) is 0 Å². The van der Waals surface area contributed by atoms with E-state index in [0.717, 1.165) is 32.1 Å². The SMILES string of the molecule is CCC1=CC(CC)(OC(=O)C2=C(C(=O)OC3(CC)C=C(CC)C=CC3)C3CCC2C3)CC=C1. The van der Waals surface area contributed by atoms with E-state index >= 15 is 0 Å². The molecule has 4 atom stereocenters. The molecule has 0 saturated heterocycles. The normalized spacial score (nSPS) is 32.6. The van der Waals surface area contributed by atoms with E-state index < -0.39 is 11.2 Å². The highest BCUT2D eigenvalue weighted by Crippen LogP contribution is 2.50. The van der Waals surface area contributed by atoms with Gasteiger partial charge in [0.15, 0.2) is 0 Å². The molecule has 0 N–H and O–H groups in total. The lowest BCUT2D eigenvalue weighted by atomic mass is 9.86. The minimum Gasteiger partial charge on any atom is -0.451 e. The fourth-order valence-electron chi connectivity index (χ4n) is 5.91. The van der Waals surface area contributed by atoms with Crippen molar-refractivity contribution < 1.29 is 19.1 Å². The summed E-state index contributed by atoms with van der Waals surface area (Å²) in [6, 6.07) is 0. The third-order valence-electron chi connectivity index (χ3n) is 8.07. The van der Waals surface area contributed by atoms with E-state index in [4.69, 9.17) is 9.47 Å². The van der Waals surface area contributed by atoms with Crippen LogP contribution in [0.4, 0.5) is 0 Å². The predicted molar refractivity (Wildman–Crippen MR) is 130 cm³/mol. The highest BCUT2D eigenvalue weighted by Gasteiger charge is 2.48. The zero-order chi connectivity index (χ0) is 23.6. The Morgan fingerprint density at radius 2 is 1.21 bits per heavy atom. The van der Waals surface area contributed by atoms with Crippen LogP contribution in [0.1, 0.15) is 85.5 Å². The Balaban J connectivity index is 1.61. The van der Waals surface area contributed by atoms with Gasteiger partial charge in [-0.1, -0.05) is 52.0 Å². The van der Waals surface area contributed by atoms with E-state index in [-0.39, 0.29) is 23.8 Å². The number of allylic oxidation sites excluding steroid dienone is 4. The molecule has 1 fully saturated rings. The lowest BCUT2D eigenvalue weighted by Crippen LogP contribution is -2.37. The van der Waals surface area contributed by atoms with Crippen molar-refractivity contribution >= 4 is 11.9 Å². The first-order valence-corrected chi connectivity index (χ1v) is 12.9. The van der Waals surface area contributed by atoms with Gasteiger partial charge in [-0.25, -0.2) is 9.59 Å². The third kappa shape index (κ3) is 4.54. The summed E-state index contributed by atoms with van der Waals surface area (Å²) in [4.78, 5) is 27.1. The van der Waals surface area contributed by atoms with Crippen LogP contribution in [0.25, 0.3) is 0 Å². The number of carbonyl (C=O) groups excluding carboxylic acids is 2. The summed E-state index contributed by atoms with van der Waals surface area (Å²) in [6.07, 6.45) is 20.0. The first kappa shape index (κ1) is 23.8. The summed E-state index contributed by atoms with van der Waals surface area (Å²) in [7, 11) is 0. The number of esters is 2. The van der Waals surface area contributed by atoms with Crippen LogP contribution < -0.4 is 0 Å². The molecule has 0 aliphatic heterocycles. The molecule has 4 aliphatic carbocycles. The van der Waals surface area contributed by atoms with Crippen molar-refractivity contribution in [1.29, 1.82) is 0 Å². The van der Waals surface area contributed by atoms with Crippen molar-refractivity contribution in [3.63, 3.8) is 0 Å². The van der Waals surface area contributed by atoms with Crippen molar-refractivity contribution in [2.45, 2.75) is 96.7 Å². The van der Waals surface area contributed by atoms with E-state index in [9.17, 15) is 9.59 Å². The zero-order valence-electron chi connectivity index (χ0n) is 20.6. The lowest BCUT2D eigenvalue weighted by molar-refractivity contribution is -0.154. The second-order valence-electron chi connectivity index (χ2n) is 10.0. The van der Waals surface area contributed by atoms with Crippen LogP contribution in [0.15, 0.2) is 58.7 Å². The van der Waals surface area contributed by atoms with Crippen LogP contribution in [0.3, 0.4) is 0 Å². The van der Waals surface area contributed by atoms with E-state index in [2.05, 4.69) is 64.2 Å². The standard InChI is InChI=1S/C29H38O4/c1-5-20-11-9-15-28(7-3,18-20)32-26(30)24-22-13-14-23(17-22)25(24)27(31)33-29(8-4)16-10-12-21(6-2)19-29/h9-12,18-19,22-23H,5-8,13-17H2,1-4H3. The predicted octanol–water partition coefficient (Wildman–Crippen LogP) is 6.69. The van der Waals surface area contributed by atoms with Crippen molar-refractivity contribution in [2.24, 2.45) is 11.8 Å². The van der Waals surface area contributed by atoms with Gasteiger partial charge in [0.05, 0.1) is 11.1 Å². The Kier molecular flexibility index (Phi) is 6.83. The molecule has 178 valence electrons. The molecule has 4 heteroatoms. The third-order valence-corrected chi connectivity index (χ3v) is 8.07. The number of ether oxygens (including phenoxy) is 2. The number of hydrogen-bond donors (Lipinski definition) is 0. The molecule has 4 unspecified atom stereocenters. The van der Waals surface area contributed by atoms with Gasteiger partial charge in [-0.15, -0.1) is 0 Å². The fraction of sp³-hybridized carbons (Fsp3) is 0.586. The maximum atomic E-state index is 13.6. The first-order valence-electron chi connectivity index (χ1n) is 12.9. The molecular formula is C29H38O4. The van der Waals surface area contributed by atoms with Gasteiger partial charge in [0.1, 0.15) is 11.2 Å². The minimum atomic E-state index is -0.626. The molecular weight excluding hydrogens is 412 g/mol.